The molecule has 1 aliphatic rings. The second-order valence-corrected chi connectivity index (χ2v) is 6.33. The molecule has 1 aliphatic carbocycles. The lowest BCUT2D eigenvalue weighted by Gasteiger charge is -2.40. The number of benzene rings is 2. The van der Waals surface area contributed by atoms with Crippen LogP contribution in [0.4, 0.5) is 5.69 Å². The zero-order valence-corrected chi connectivity index (χ0v) is 14.1. The molecular weight excluding hydrogens is 312 g/mol. The van der Waals surface area contributed by atoms with E-state index in [1.165, 1.54) is 0 Å². The van der Waals surface area contributed by atoms with E-state index in [-0.39, 0.29) is 11.8 Å². The van der Waals surface area contributed by atoms with Gasteiger partial charge in [0.15, 0.2) is 0 Å². The predicted octanol–water partition coefficient (Wildman–Crippen LogP) is 3.66. The SMILES string of the molecule is C=CCNC(=O)C1(c2ccc(NC(=O)c3ccccc3)cc2)CCC1. The first-order valence-corrected chi connectivity index (χ1v) is 8.52. The average Bonchev–Trinajstić information content (AvgIpc) is 2.61. The number of nitrogens with one attached hydrogen (secondary N) is 2. The van der Waals surface area contributed by atoms with Gasteiger partial charge < -0.3 is 10.6 Å². The van der Waals surface area contributed by atoms with Crippen molar-refractivity contribution in [2.75, 3.05) is 11.9 Å². The highest BCUT2D eigenvalue weighted by atomic mass is 16.2. The number of rotatable bonds is 6. The molecule has 0 atom stereocenters. The van der Waals surface area contributed by atoms with Crippen LogP contribution in [-0.4, -0.2) is 18.4 Å². The Labute approximate surface area is 148 Å². The molecule has 128 valence electrons. The van der Waals surface area contributed by atoms with E-state index in [0.717, 1.165) is 30.5 Å². The fraction of sp³-hybridized carbons (Fsp3) is 0.238. The van der Waals surface area contributed by atoms with Crippen molar-refractivity contribution in [1.29, 1.82) is 0 Å². The molecule has 0 saturated heterocycles. The number of hydrogen-bond acceptors (Lipinski definition) is 2. The van der Waals surface area contributed by atoms with Crippen LogP contribution in [0.3, 0.4) is 0 Å². The molecule has 0 heterocycles. The Balaban J connectivity index is 1.72. The van der Waals surface area contributed by atoms with E-state index in [0.29, 0.717) is 12.1 Å². The minimum Gasteiger partial charge on any atom is -0.352 e. The molecule has 1 fully saturated rings. The van der Waals surface area contributed by atoms with E-state index in [1.807, 2.05) is 42.5 Å². The summed E-state index contributed by atoms with van der Waals surface area (Å²) in [5, 5.41) is 5.80. The summed E-state index contributed by atoms with van der Waals surface area (Å²) in [4.78, 5) is 24.7. The Morgan fingerprint density at radius 1 is 1.04 bits per heavy atom. The minimum atomic E-state index is -0.440. The normalized spacial score (nSPS) is 14.9. The predicted molar refractivity (Wildman–Crippen MR) is 99.6 cm³/mol. The van der Waals surface area contributed by atoms with Crippen molar-refractivity contribution in [2.45, 2.75) is 24.7 Å². The maximum Gasteiger partial charge on any atom is 0.255 e. The van der Waals surface area contributed by atoms with Crippen LogP contribution < -0.4 is 10.6 Å². The summed E-state index contributed by atoms with van der Waals surface area (Å²) in [5.74, 6) is -0.0878. The number of amides is 2. The van der Waals surface area contributed by atoms with Crippen molar-refractivity contribution in [3.05, 3.63) is 78.4 Å². The van der Waals surface area contributed by atoms with Gasteiger partial charge in [0, 0.05) is 17.8 Å². The monoisotopic (exact) mass is 334 g/mol. The van der Waals surface area contributed by atoms with Gasteiger partial charge in [-0.05, 0) is 42.7 Å². The summed E-state index contributed by atoms with van der Waals surface area (Å²) < 4.78 is 0. The minimum absolute atomic E-state index is 0.0553. The molecule has 2 aromatic carbocycles. The quantitative estimate of drug-likeness (QED) is 0.792. The molecule has 0 bridgehead atoms. The van der Waals surface area contributed by atoms with E-state index >= 15 is 0 Å². The molecule has 0 aromatic heterocycles. The number of carbonyl (C=O) groups is 2. The van der Waals surface area contributed by atoms with Crippen LogP contribution in [0, 0.1) is 0 Å². The second-order valence-electron chi connectivity index (χ2n) is 6.33. The Morgan fingerprint density at radius 3 is 2.28 bits per heavy atom. The number of hydrogen-bond donors (Lipinski definition) is 2. The molecule has 2 N–H and O–H groups in total. The molecule has 25 heavy (non-hydrogen) atoms. The third-order valence-corrected chi connectivity index (χ3v) is 4.78. The first-order valence-electron chi connectivity index (χ1n) is 8.52. The zero-order valence-electron chi connectivity index (χ0n) is 14.1. The smallest absolute Gasteiger partial charge is 0.255 e. The molecule has 0 aliphatic heterocycles. The van der Waals surface area contributed by atoms with Crippen LogP contribution in [0.2, 0.25) is 0 Å². The average molecular weight is 334 g/mol. The Kier molecular flexibility index (Phi) is 4.98. The van der Waals surface area contributed by atoms with Crippen LogP contribution in [-0.2, 0) is 10.2 Å². The van der Waals surface area contributed by atoms with Crippen LogP contribution in [0.25, 0.3) is 0 Å². The molecule has 3 rings (SSSR count). The molecule has 0 unspecified atom stereocenters. The standard InChI is InChI=1S/C21H22N2O2/c1-2-15-22-20(25)21(13-6-14-21)17-9-11-18(12-10-17)23-19(24)16-7-4-3-5-8-16/h2-5,7-12H,1,6,13-15H2,(H,22,25)(H,23,24). The van der Waals surface area contributed by atoms with Crippen LogP contribution >= 0.6 is 0 Å². The van der Waals surface area contributed by atoms with Crippen LogP contribution in [0.15, 0.2) is 67.3 Å². The summed E-state index contributed by atoms with van der Waals surface area (Å²) in [6.07, 6.45) is 4.44. The summed E-state index contributed by atoms with van der Waals surface area (Å²) in [6, 6.07) is 16.7. The van der Waals surface area contributed by atoms with E-state index < -0.39 is 5.41 Å². The van der Waals surface area contributed by atoms with Crippen LogP contribution in [0.5, 0.6) is 0 Å². The van der Waals surface area contributed by atoms with Crippen molar-refractivity contribution >= 4 is 17.5 Å². The molecule has 0 radical (unpaired) electrons. The second kappa shape index (κ2) is 7.34. The largest absolute Gasteiger partial charge is 0.352 e. The Hall–Kier alpha value is -2.88. The van der Waals surface area contributed by atoms with Crippen molar-refractivity contribution < 1.29 is 9.59 Å². The van der Waals surface area contributed by atoms with Crippen LogP contribution in [0.1, 0.15) is 35.2 Å². The first kappa shape index (κ1) is 17.0. The number of carbonyl (C=O) groups excluding carboxylic acids is 2. The van der Waals surface area contributed by atoms with Gasteiger partial charge in [0.05, 0.1) is 5.41 Å². The Bertz CT molecular complexity index is 762. The third kappa shape index (κ3) is 3.48. The molecule has 4 heteroatoms. The van der Waals surface area contributed by atoms with Crippen molar-refractivity contribution in [3.8, 4) is 0 Å². The fourth-order valence-electron chi connectivity index (χ4n) is 3.18. The highest BCUT2D eigenvalue weighted by molar-refractivity contribution is 6.04. The Morgan fingerprint density at radius 2 is 1.72 bits per heavy atom. The summed E-state index contributed by atoms with van der Waals surface area (Å²) in [5.41, 5.74) is 1.90. The lowest BCUT2D eigenvalue weighted by atomic mass is 9.64. The summed E-state index contributed by atoms with van der Waals surface area (Å²) >= 11 is 0. The highest BCUT2D eigenvalue weighted by Crippen LogP contribution is 2.44. The first-order chi connectivity index (χ1) is 12.2. The van der Waals surface area contributed by atoms with Gasteiger partial charge in [0.2, 0.25) is 5.91 Å². The van der Waals surface area contributed by atoms with Crippen molar-refractivity contribution in [3.63, 3.8) is 0 Å². The molecule has 0 spiro atoms. The van der Waals surface area contributed by atoms with E-state index in [2.05, 4.69) is 17.2 Å². The molecule has 2 aromatic rings. The van der Waals surface area contributed by atoms with Gasteiger partial charge in [-0.1, -0.05) is 42.8 Å². The van der Waals surface area contributed by atoms with E-state index in [1.54, 1.807) is 18.2 Å². The van der Waals surface area contributed by atoms with Gasteiger partial charge in [-0.3, -0.25) is 9.59 Å². The molecule has 2 amide bonds. The fourth-order valence-corrected chi connectivity index (χ4v) is 3.18. The zero-order chi connectivity index (χ0) is 17.7. The maximum absolute atomic E-state index is 12.5. The number of anilines is 1. The van der Waals surface area contributed by atoms with Gasteiger partial charge >= 0.3 is 0 Å². The van der Waals surface area contributed by atoms with Gasteiger partial charge in [0.25, 0.3) is 5.91 Å². The van der Waals surface area contributed by atoms with E-state index in [4.69, 9.17) is 0 Å². The van der Waals surface area contributed by atoms with E-state index in [9.17, 15) is 9.59 Å². The van der Waals surface area contributed by atoms with Gasteiger partial charge in [-0.15, -0.1) is 6.58 Å². The van der Waals surface area contributed by atoms with Gasteiger partial charge in [0.1, 0.15) is 0 Å². The topological polar surface area (TPSA) is 58.2 Å². The van der Waals surface area contributed by atoms with Gasteiger partial charge in [-0.2, -0.15) is 0 Å². The lowest BCUT2D eigenvalue weighted by Crippen LogP contribution is -2.49. The van der Waals surface area contributed by atoms with Crippen molar-refractivity contribution in [1.82, 2.24) is 5.32 Å². The highest BCUT2D eigenvalue weighted by Gasteiger charge is 2.45. The molecule has 4 nitrogen and oxygen atoms in total. The van der Waals surface area contributed by atoms with Gasteiger partial charge in [-0.25, -0.2) is 0 Å². The summed E-state index contributed by atoms with van der Waals surface area (Å²) in [7, 11) is 0. The lowest BCUT2D eigenvalue weighted by molar-refractivity contribution is -0.129. The molecular formula is C21H22N2O2. The summed E-state index contributed by atoms with van der Waals surface area (Å²) in [6.45, 7) is 4.12. The third-order valence-electron chi connectivity index (χ3n) is 4.78. The van der Waals surface area contributed by atoms with Crippen molar-refractivity contribution in [2.24, 2.45) is 0 Å². The molecule has 1 saturated carbocycles. The maximum atomic E-state index is 12.5.